The fourth-order valence-corrected chi connectivity index (χ4v) is 1.53. The van der Waals surface area contributed by atoms with Crippen LogP contribution >= 0.6 is 0 Å². The molecule has 0 aliphatic rings. The van der Waals surface area contributed by atoms with Crippen LogP contribution in [-0.4, -0.2) is 17.2 Å². The topological polar surface area (TPSA) is 42.4 Å². The number of aromatic hydroxyl groups is 1. The molecule has 1 heterocycles. The molecule has 0 aliphatic carbocycles. The van der Waals surface area contributed by atoms with E-state index in [0.717, 1.165) is 10.9 Å². The van der Waals surface area contributed by atoms with E-state index >= 15 is 0 Å². The SMILES string of the molecule is COc1c(C)c(O)nc2ccccc12. The van der Waals surface area contributed by atoms with Gasteiger partial charge in [0.05, 0.1) is 18.2 Å². The molecule has 14 heavy (non-hydrogen) atoms. The molecule has 0 saturated heterocycles. The van der Waals surface area contributed by atoms with E-state index in [9.17, 15) is 5.11 Å². The lowest BCUT2D eigenvalue weighted by atomic mass is 10.1. The molecule has 0 aliphatic heterocycles. The van der Waals surface area contributed by atoms with Crippen molar-refractivity contribution in [2.45, 2.75) is 6.92 Å². The molecule has 0 atom stereocenters. The van der Waals surface area contributed by atoms with Crippen LogP contribution in [0, 0.1) is 6.92 Å². The predicted molar refractivity (Wildman–Crippen MR) is 54.7 cm³/mol. The van der Waals surface area contributed by atoms with Gasteiger partial charge in [-0.25, -0.2) is 4.98 Å². The molecule has 0 spiro atoms. The number of fused-ring (bicyclic) bond motifs is 1. The van der Waals surface area contributed by atoms with Gasteiger partial charge >= 0.3 is 0 Å². The summed E-state index contributed by atoms with van der Waals surface area (Å²) in [5, 5.41) is 10.5. The maximum absolute atomic E-state index is 9.54. The van der Waals surface area contributed by atoms with Gasteiger partial charge in [0, 0.05) is 5.39 Å². The predicted octanol–water partition coefficient (Wildman–Crippen LogP) is 2.26. The van der Waals surface area contributed by atoms with Crippen molar-refractivity contribution in [1.82, 2.24) is 4.98 Å². The first kappa shape index (κ1) is 8.81. The van der Waals surface area contributed by atoms with Crippen molar-refractivity contribution >= 4 is 10.9 Å². The molecule has 0 bridgehead atoms. The Bertz CT molecular complexity index is 480. The first-order valence-electron chi connectivity index (χ1n) is 4.36. The summed E-state index contributed by atoms with van der Waals surface area (Å²) in [5.41, 5.74) is 1.42. The number of hydrogen-bond donors (Lipinski definition) is 1. The summed E-state index contributed by atoms with van der Waals surface area (Å²) >= 11 is 0. The van der Waals surface area contributed by atoms with Crippen molar-refractivity contribution in [1.29, 1.82) is 0 Å². The van der Waals surface area contributed by atoms with E-state index in [0.29, 0.717) is 11.3 Å². The maximum atomic E-state index is 9.54. The summed E-state index contributed by atoms with van der Waals surface area (Å²) in [7, 11) is 1.59. The van der Waals surface area contributed by atoms with Crippen molar-refractivity contribution in [2.75, 3.05) is 7.11 Å². The van der Waals surface area contributed by atoms with E-state index in [4.69, 9.17) is 4.74 Å². The number of rotatable bonds is 1. The Morgan fingerprint density at radius 3 is 2.71 bits per heavy atom. The standard InChI is InChI=1S/C11H11NO2/c1-7-10(14-2)8-5-3-4-6-9(8)12-11(7)13/h3-6H,1-2H3,(H,12,13). The summed E-state index contributed by atoms with van der Waals surface area (Å²) in [4.78, 5) is 4.06. The van der Waals surface area contributed by atoms with Gasteiger partial charge in [0.15, 0.2) is 0 Å². The normalized spacial score (nSPS) is 10.4. The van der Waals surface area contributed by atoms with Gasteiger partial charge in [-0.1, -0.05) is 12.1 Å². The molecular formula is C11H11NO2. The van der Waals surface area contributed by atoms with Crippen LogP contribution in [0.1, 0.15) is 5.56 Å². The highest BCUT2D eigenvalue weighted by Crippen LogP contribution is 2.32. The fraction of sp³-hybridized carbons (Fsp3) is 0.182. The highest BCUT2D eigenvalue weighted by atomic mass is 16.5. The molecule has 2 rings (SSSR count). The van der Waals surface area contributed by atoms with Gasteiger partial charge in [-0.2, -0.15) is 0 Å². The van der Waals surface area contributed by atoms with Crippen LogP contribution in [-0.2, 0) is 0 Å². The number of benzene rings is 1. The minimum Gasteiger partial charge on any atom is -0.496 e. The average molecular weight is 189 g/mol. The van der Waals surface area contributed by atoms with Crippen molar-refractivity contribution in [2.24, 2.45) is 0 Å². The highest BCUT2D eigenvalue weighted by Gasteiger charge is 2.10. The van der Waals surface area contributed by atoms with Gasteiger partial charge in [0.25, 0.3) is 0 Å². The maximum Gasteiger partial charge on any atom is 0.218 e. The smallest absolute Gasteiger partial charge is 0.218 e. The summed E-state index contributed by atoms with van der Waals surface area (Å²) in [5.74, 6) is 0.716. The highest BCUT2D eigenvalue weighted by molar-refractivity contribution is 5.87. The molecule has 1 aromatic heterocycles. The summed E-state index contributed by atoms with van der Waals surface area (Å²) in [6.07, 6.45) is 0. The molecule has 72 valence electrons. The van der Waals surface area contributed by atoms with Crippen LogP contribution in [0.25, 0.3) is 10.9 Å². The Labute approximate surface area is 82.0 Å². The summed E-state index contributed by atoms with van der Waals surface area (Å²) < 4.78 is 5.24. The zero-order valence-corrected chi connectivity index (χ0v) is 8.11. The van der Waals surface area contributed by atoms with Crippen LogP contribution in [0.4, 0.5) is 0 Å². The van der Waals surface area contributed by atoms with Crippen molar-refractivity contribution < 1.29 is 9.84 Å². The number of aromatic nitrogens is 1. The first-order chi connectivity index (χ1) is 6.74. The lowest BCUT2D eigenvalue weighted by molar-refractivity contribution is 0.403. The molecular weight excluding hydrogens is 178 g/mol. The Morgan fingerprint density at radius 1 is 1.29 bits per heavy atom. The third kappa shape index (κ3) is 1.18. The van der Waals surface area contributed by atoms with Crippen LogP contribution in [0.2, 0.25) is 0 Å². The Morgan fingerprint density at radius 2 is 2.00 bits per heavy atom. The van der Waals surface area contributed by atoms with Gasteiger partial charge in [0.2, 0.25) is 5.88 Å². The van der Waals surface area contributed by atoms with Crippen LogP contribution in [0.5, 0.6) is 11.6 Å². The lowest BCUT2D eigenvalue weighted by Crippen LogP contribution is -1.92. The molecule has 0 saturated carbocycles. The largest absolute Gasteiger partial charge is 0.496 e. The summed E-state index contributed by atoms with van der Waals surface area (Å²) in [6, 6.07) is 7.57. The van der Waals surface area contributed by atoms with Gasteiger partial charge in [-0.3, -0.25) is 0 Å². The first-order valence-corrected chi connectivity index (χ1v) is 4.36. The van der Waals surface area contributed by atoms with E-state index in [1.807, 2.05) is 24.3 Å². The monoisotopic (exact) mass is 189 g/mol. The molecule has 0 unspecified atom stereocenters. The zero-order chi connectivity index (χ0) is 10.1. The minimum atomic E-state index is 0.0283. The molecule has 1 aromatic carbocycles. The molecule has 3 heteroatoms. The number of methoxy groups -OCH3 is 1. The third-order valence-electron chi connectivity index (χ3n) is 2.26. The molecule has 3 nitrogen and oxygen atoms in total. The van der Waals surface area contributed by atoms with Crippen LogP contribution in [0.15, 0.2) is 24.3 Å². The quantitative estimate of drug-likeness (QED) is 0.748. The fourth-order valence-electron chi connectivity index (χ4n) is 1.53. The number of nitrogens with zero attached hydrogens (tertiary/aromatic N) is 1. The number of para-hydroxylation sites is 1. The van der Waals surface area contributed by atoms with E-state index in [1.54, 1.807) is 14.0 Å². The second kappa shape index (κ2) is 3.18. The lowest BCUT2D eigenvalue weighted by Gasteiger charge is -2.09. The molecule has 2 aromatic rings. The average Bonchev–Trinajstić information content (AvgIpc) is 2.20. The van der Waals surface area contributed by atoms with Gasteiger partial charge in [0.1, 0.15) is 5.75 Å². The number of pyridine rings is 1. The van der Waals surface area contributed by atoms with Crippen molar-refractivity contribution in [3.63, 3.8) is 0 Å². The molecule has 0 amide bonds. The van der Waals surface area contributed by atoms with Crippen molar-refractivity contribution in [3.8, 4) is 11.6 Å². The Hall–Kier alpha value is -1.77. The van der Waals surface area contributed by atoms with Gasteiger partial charge in [-0.15, -0.1) is 0 Å². The second-order valence-corrected chi connectivity index (χ2v) is 3.11. The van der Waals surface area contributed by atoms with E-state index in [2.05, 4.69) is 4.98 Å². The van der Waals surface area contributed by atoms with Crippen LogP contribution in [0.3, 0.4) is 0 Å². The molecule has 0 radical (unpaired) electrons. The van der Waals surface area contributed by atoms with Crippen molar-refractivity contribution in [3.05, 3.63) is 29.8 Å². The Balaban J connectivity index is 2.89. The number of ether oxygens (including phenoxy) is 1. The third-order valence-corrected chi connectivity index (χ3v) is 2.26. The van der Waals surface area contributed by atoms with Gasteiger partial charge in [-0.05, 0) is 19.1 Å². The minimum absolute atomic E-state index is 0.0283. The molecule has 0 fully saturated rings. The van der Waals surface area contributed by atoms with Gasteiger partial charge < -0.3 is 9.84 Å². The molecule has 1 N–H and O–H groups in total. The van der Waals surface area contributed by atoms with E-state index in [1.165, 1.54) is 0 Å². The second-order valence-electron chi connectivity index (χ2n) is 3.11. The van der Waals surface area contributed by atoms with E-state index < -0.39 is 0 Å². The zero-order valence-electron chi connectivity index (χ0n) is 8.11. The van der Waals surface area contributed by atoms with Crippen LogP contribution < -0.4 is 4.74 Å². The Kier molecular flexibility index (Phi) is 2.00. The number of hydrogen-bond acceptors (Lipinski definition) is 3. The van der Waals surface area contributed by atoms with E-state index in [-0.39, 0.29) is 5.88 Å². The summed E-state index contributed by atoms with van der Waals surface area (Å²) in [6.45, 7) is 1.79.